The monoisotopic (exact) mass is 360 g/mol. The van der Waals surface area contributed by atoms with Crippen molar-refractivity contribution >= 4 is 21.4 Å². The van der Waals surface area contributed by atoms with Crippen molar-refractivity contribution in [3.8, 4) is 6.07 Å². The summed E-state index contributed by atoms with van der Waals surface area (Å²) in [6.07, 6.45) is 0. The highest BCUT2D eigenvalue weighted by atomic mass is 32.2. The summed E-state index contributed by atoms with van der Waals surface area (Å²) in [6.45, 7) is 1.80. The molecule has 0 spiro atoms. The van der Waals surface area contributed by atoms with Gasteiger partial charge in [0.15, 0.2) is 0 Å². The minimum absolute atomic E-state index is 0.130. The quantitative estimate of drug-likeness (QED) is 0.602. The van der Waals surface area contributed by atoms with E-state index in [0.717, 1.165) is 0 Å². The van der Waals surface area contributed by atoms with Gasteiger partial charge in [-0.05, 0) is 37.7 Å². The number of rotatable bonds is 6. The van der Waals surface area contributed by atoms with E-state index in [1.807, 2.05) is 6.07 Å². The van der Waals surface area contributed by atoms with Crippen molar-refractivity contribution in [1.82, 2.24) is 4.72 Å². The van der Waals surface area contributed by atoms with Crippen molar-refractivity contribution in [3.63, 3.8) is 0 Å². The van der Waals surface area contributed by atoms with Gasteiger partial charge < -0.3 is 5.32 Å². The highest BCUT2D eigenvalue weighted by Crippen LogP contribution is 2.26. The Morgan fingerprint density at radius 3 is 2.56 bits per heavy atom. The van der Waals surface area contributed by atoms with Crippen molar-refractivity contribution in [2.24, 2.45) is 0 Å². The molecule has 0 bridgehead atoms. The molecule has 2 aromatic carbocycles. The molecule has 1 unspecified atom stereocenters. The van der Waals surface area contributed by atoms with Gasteiger partial charge in [-0.25, -0.2) is 13.1 Å². The molecule has 1 atom stereocenters. The molecule has 130 valence electrons. The smallest absolute Gasteiger partial charge is 0.270 e. The van der Waals surface area contributed by atoms with Crippen molar-refractivity contribution in [2.45, 2.75) is 17.9 Å². The number of nitro groups is 1. The molecular weight excluding hydrogens is 344 g/mol. The van der Waals surface area contributed by atoms with Crippen LogP contribution in [0.2, 0.25) is 0 Å². The molecule has 2 N–H and O–H groups in total. The Bertz CT molecular complexity index is 951. The number of nitrogens with zero attached hydrogens (tertiary/aromatic N) is 2. The fourth-order valence-corrected chi connectivity index (χ4v) is 3.03. The molecular formula is C16H16N4O4S. The molecule has 2 rings (SSSR count). The molecule has 0 fully saturated rings. The number of nitriles is 1. The summed E-state index contributed by atoms with van der Waals surface area (Å²) in [6, 6.07) is 11.9. The van der Waals surface area contributed by atoms with Gasteiger partial charge in [0.1, 0.15) is 6.07 Å². The Kier molecular flexibility index (Phi) is 5.36. The summed E-state index contributed by atoms with van der Waals surface area (Å²) < 4.78 is 26.0. The van der Waals surface area contributed by atoms with Gasteiger partial charge in [-0.15, -0.1) is 0 Å². The highest BCUT2D eigenvalue weighted by Gasteiger charge is 2.16. The predicted molar refractivity (Wildman–Crippen MR) is 92.5 cm³/mol. The highest BCUT2D eigenvalue weighted by molar-refractivity contribution is 7.89. The molecule has 8 nitrogen and oxygen atoms in total. The van der Waals surface area contributed by atoms with E-state index in [4.69, 9.17) is 0 Å². The summed E-state index contributed by atoms with van der Waals surface area (Å²) in [5, 5.41) is 23.1. The third kappa shape index (κ3) is 4.12. The van der Waals surface area contributed by atoms with Gasteiger partial charge in [0, 0.05) is 18.2 Å². The van der Waals surface area contributed by atoms with Gasteiger partial charge in [0.2, 0.25) is 10.0 Å². The Labute approximate surface area is 145 Å². The molecule has 0 aliphatic carbocycles. The number of hydrogen-bond donors (Lipinski definition) is 2. The first kappa shape index (κ1) is 18.4. The van der Waals surface area contributed by atoms with Gasteiger partial charge in [-0.3, -0.25) is 10.1 Å². The fourth-order valence-electron chi connectivity index (χ4n) is 2.25. The lowest BCUT2D eigenvalue weighted by molar-refractivity contribution is -0.384. The Balaban J connectivity index is 2.32. The summed E-state index contributed by atoms with van der Waals surface area (Å²) in [5.41, 5.74) is 1.10. The van der Waals surface area contributed by atoms with Crippen molar-refractivity contribution in [2.75, 3.05) is 12.4 Å². The molecule has 0 radical (unpaired) electrons. The zero-order valence-corrected chi connectivity index (χ0v) is 14.4. The number of sulfonamides is 1. The molecule has 0 heterocycles. The molecule has 0 saturated heterocycles. The molecule has 0 aliphatic rings. The minimum atomic E-state index is -3.56. The second-order valence-electron chi connectivity index (χ2n) is 5.24. The maximum Gasteiger partial charge on any atom is 0.270 e. The lowest BCUT2D eigenvalue weighted by Crippen LogP contribution is -2.19. The summed E-state index contributed by atoms with van der Waals surface area (Å²) in [7, 11) is -2.23. The minimum Gasteiger partial charge on any atom is -0.377 e. The average Bonchev–Trinajstić information content (AvgIpc) is 2.61. The van der Waals surface area contributed by atoms with E-state index in [9.17, 15) is 23.8 Å². The summed E-state index contributed by atoms with van der Waals surface area (Å²) >= 11 is 0. The Morgan fingerprint density at radius 1 is 1.24 bits per heavy atom. The molecule has 2 aromatic rings. The number of anilines is 1. The molecule has 0 aromatic heterocycles. The summed E-state index contributed by atoms with van der Waals surface area (Å²) in [5.74, 6) is 0. The second-order valence-corrected chi connectivity index (χ2v) is 7.13. The second kappa shape index (κ2) is 7.29. The van der Waals surface area contributed by atoms with Gasteiger partial charge in [0.25, 0.3) is 5.69 Å². The molecule has 0 aliphatic heterocycles. The average molecular weight is 360 g/mol. The number of nitro benzene ring substituents is 1. The first-order valence-electron chi connectivity index (χ1n) is 7.27. The number of benzene rings is 2. The first-order valence-corrected chi connectivity index (χ1v) is 8.75. The van der Waals surface area contributed by atoms with Gasteiger partial charge in [-0.2, -0.15) is 5.26 Å². The fraction of sp³-hybridized carbons (Fsp3) is 0.188. The van der Waals surface area contributed by atoms with Crippen LogP contribution in [0.3, 0.4) is 0 Å². The lowest BCUT2D eigenvalue weighted by Gasteiger charge is -2.17. The van der Waals surface area contributed by atoms with Gasteiger partial charge in [-0.1, -0.05) is 12.1 Å². The van der Waals surface area contributed by atoms with E-state index in [-0.39, 0.29) is 22.2 Å². The Morgan fingerprint density at radius 2 is 1.96 bits per heavy atom. The van der Waals surface area contributed by atoms with Crippen LogP contribution in [0.25, 0.3) is 0 Å². The van der Waals surface area contributed by atoms with E-state index >= 15 is 0 Å². The summed E-state index contributed by atoms with van der Waals surface area (Å²) in [4.78, 5) is 10.4. The van der Waals surface area contributed by atoms with Crippen LogP contribution in [-0.4, -0.2) is 20.4 Å². The molecule has 25 heavy (non-hydrogen) atoms. The third-order valence-electron chi connectivity index (χ3n) is 3.64. The van der Waals surface area contributed by atoms with E-state index in [2.05, 4.69) is 10.0 Å². The van der Waals surface area contributed by atoms with Crippen LogP contribution in [0.1, 0.15) is 24.1 Å². The Hall–Kier alpha value is -2.96. The normalized spacial score (nSPS) is 12.2. The molecule has 9 heteroatoms. The number of nitrogens with one attached hydrogen (secondary N) is 2. The number of hydrogen-bond acceptors (Lipinski definition) is 6. The lowest BCUT2D eigenvalue weighted by atomic mass is 10.1. The SMILES string of the molecule is CNS(=O)(=O)c1cccc(C(C)Nc2ccc([N+](=O)[O-])cc2C#N)c1. The first-order chi connectivity index (χ1) is 11.8. The van der Waals surface area contributed by atoms with E-state index in [0.29, 0.717) is 11.3 Å². The van der Waals surface area contributed by atoms with E-state index in [1.165, 1.54) is 37.4 Å². The maximum atomic E-state index is 11.9. The van der Waals surface area contributed by atoms with Gasteiger partial charge in [0.05, 0.1) is 21.1 Å². The molecule has 0 amide bonds. The molecule has 0 saturated carbocycles. The van der Waals surface area contributed by atoms with Crippen LogP contribution >= 0.6 is 0 Å². The van der Waals surface area contributed by atoms with Crippen LogP contribution in [0.15, 0.2) is 47.4 Å². The van der Waals surface area contributed by atoms with Crippen LogP contribution in [0.5, 0.6) is 0 Å². The van der Waals surface area contributed by atoms with E-state index in [1.54, 1.807) is 19.1 Å². The van der Waals surface area contributed by atoms with Crippen molar-refractivity contribution in [1.29, 1.82) is 5.26 Å². The van der Waals surface area contributed by atoms with Crippen molar-refractivity contribution < 1.29 is 13.3 Å². The van der Waals surface area contributed by atoms with Crippen LogP contribution < -0.4 is 10.0 Å². The van der Waals surface area contributed by atoms with Crippen LogP contribution in [0.4, 0.5) is 11.4 Å². The van der Waals surface area contributed by atoms with Crippen molar-refractivity contribution in [3.05, 3.63) is 63.7 Å². The maximum absolute atomic E-state index is 11.9. The van der Waals surface area contributed by atoms with E-state index < -0.39 is 14.9 Å². The van der Waals surface area contributed by atoms with Crippen LogP contribution in [0, 0.1) is 21.4 Å². The predicted octanol–water partition coefficient (Wildman–Crippen LogP) is 2.55. The topological polar surface area (TPSA) is 125 Å². The zero-order valence-electron chi connectivity index (χ0n) is 13.6. The third-order valence-corrected chi connectivity index (χ3v) is 5.06. The van der Waals surface area contributed by atoms with Crippen LogP contribution in [-0.2, 0) is 10.0 Å². The largest absolute Gasteiger partial charge is 0.377 e. The van der Waals surface area contributed by atoms with Gasteiger partial charge >= 0.3 is 0 Å². The standard InChI is InChI=1S/C16H16N4O4S/c1-11(12-4-3-5-15(9-12)25(23,24)18-2)19-16-7-6-14(20(21)22)8-13(16)10-17/h3-9,11,18-19H,1-2H3. The zero-order chi connectivity index (χ0) is 18.6. The number of non-ortho nitro benzene ring substituents is 1.